The largest absolute Gasteiger partial charge is 0.463 e. The molecule has 0 aromatic heterocycles. The maximum Gasteiger partial charge on any atom is 0.338 e. The first-order valence-electron chi connectivity index (χ1n) is 8.71. The van der Waals surface area contributed by atoms with Gasteiger partial charge in [0, 0.05) is 11.6 Å². The topological polar surface area (TPSA) is 68.8 Å². The van der Waals surface area contributed by atoms with Crippen molar-refractivity contribution < 1.29 is 19.0 Å². The van der Waals surface area contributed by atoms with E-state index in [1.807, 2.05) is 30.3 Å². The van der Waals surface area contributed by atoms with Gasteiger partial charge >= 0.3 is 5.97 Å². The summed E-state index contributed by atoms with van der Waals surface area (Å²) in [5, 5.41) is 7.04. The van der Waals surface area contributed by atoms with Crippen LogP contribution in [0.1, 0.15) is 24.1 Å². The van der Waals surface area contributed by atoms with Crippen LogP contribution in [0.4, 0.5) is 0 Å². The van der Waals surface area contributed by atoms with E-state index < -0.39 is 12.0 Å². The lowest BCUT2D eigenvalue weighted by Crippen LogP contribution is -2.45. The zero-order valence-corrected chi connectivity index (χ0v) is 16.5. The number of ether oxygens (including phenoxy) is 3. The van der Waals surface area contributed by atoms with Crippen molar-refractivity contribution in [1.82, 2.24) is 10.6 Å². The van der Waals surface area contributed by atoms with E-state index in [0.717, 1.165) is 5.56 Å². The van der Waals surface area contributed by atoms with Gasteiger partial charge in [-0.15, -0.1) is 0 Å². The molecule has 1 atom stereocenters. The number of halogens is 1. The summed E-state index contributed by atoms with van der Waals surface area (Å²) >= 11 is 11.9. The summed E-state index contributed by atoms with van der Waals surface area (Å²) in [6.45, 7) is 2.14. The smallest absolute Gasteiger partial charge is 0.338 e. The molecule has 0 bridgehead atoms. The van der Waals surface area contributed by atoms with Gasteiger partial charge in [-0.3, -0.25) is 0 Å². The van der Waals surface area contributed by atoms with Crippen LogP contribution in [-0.4, -0.2) is 24.5 Å². The molecule has 4 rings (SSSR count). The van der Waals surface area contributed by atoms with Crippen LogP contribution in [0, 0.1) is 0 Å². The van der Waals surface area contributed by atoms with Crippen molar-refractivity contribution in [2.45, 2.75) is 13.0 Å². The molecule has 2 aliphatic rings. The van der Waals surface area contributed by atoms with E-state index in [1.165, 1.54) is 0 Å². The number of thiocarbonyl (C=S) groups is 1. The molecule has 6 nitrogen and oxygen atoms in total. The van der Waals surface area contributed by atoms with Crippen LogP contribution in [0.25, 0.3) is 5.70 Å². The van der Waals surface area contributed by atoms with E-state index in [-0.39, 0.29) is 13.4 Å². The molecule has 0 spiro atoms. The average Bonchev–Trinajstić information content (AvgIpc) is 3.14. The van der Waals surface area contributed by atoms with Crippen LogP contribution >= 0.6 is 23.8 Å². The highest BCUT2D eigenvalue weighted by atomic mass is 35.5. The Hall–Kier alpha value is -2.77. The van der Waals surface area contributed by atoms with E-state index in [4.69, 9.17) is 38.0 Å². The summed E-state index contributed by atoms with van der Waals surface area (Å²) in [7, 11) is 0. The van der Waals surface area contributed by atoms with Crippen LogP contribution in [0.5, 0.6) is 11.5 Å². The minimum atomic E-state index is -0.606. The maximum atomic E-state index is 12.9. The molecular weight excluding hydrogens is 400 g/mol. The SMILES string of the molecule is CCOC(=O)C1=C(c2ccccc2)NC(=S)N[C@H]1c1cc2c(cc1Cl)OCO2. The van der Waals surface area contributed by atoms with Gasteiger partial charge in [0.2, 0.25) is 6.79 Å². The second-order valence-corrected chi connectivity index (χ2v) is 6.95. The third kappa shape index (κ3) is 3.39. The molecule has 2 aromatic carbocycles. The van der Waals surface area contributed by atoms with E-state index in [1.54, 1.807) is 19.1 Å². The normalized spacial score (nSPS) is 17.8. The van der Waals surface area contributed by atoms with Crippen LogP contribution in [0.3, 0.4) is 0 Å². The Morgan fingerprint density at radius 1 is 1.25 bits per heavy atom. The average molecular weight is 417 g/mol. The molecule has 2 aliphatic heterocycles. The molecule has 0 unspecified atom stereocenters. The Morgan fingerprint density at radius 3 is 2.68 bits per heavy atom. The zero-order valence-electron chi connectivity index (χ0n) is 15.0. The molecule has 144 valence electrons. The third-order valence-corrected chi connectivity index (χ3v) is 4.98. The molecule has 8 heteroatoms. The maximum absolute atomic E-state index is 12.9. The number of carbonyl (C=O) groups excluding carboxylic acids is 1. The lowest BCUT2D eigenvalue weighted by molar-refractivity contribution is -0.138. The molecule has 0 aliphatic carbocycles. The Morgan fingerprint density at radius 2 is 1.96 bits per heavy atom. The molecule has 0 saturated carbocycles. The Bertz CT molecular complexity index is 978. The fraction of sp³-hybridized carbons (Fsp3) is 0.200. The lowest BCUT2D eigenvalue weighted by atomic mass is 9.92. The number of carbonyl (C=O) groups is 1. The molecule has 0 fully saturated rings. The van der Waals surface area contributed by atoms with Crippen molar-refractivity contribution in [1.29, 1.82) is 0 Å². The lowest BCUT2D eigenvalue weighted by Gasteiger charge is -2.31. The molecule has 0 saturated heterocycles. The number of benzene rings is 2. The fourth-order valence-corrected chi connectivity index (χ4v) is 3.70. The van der Waals surface area contributed by atoms with Crippen LogP contribution in [0.2, 0.25) is 5.02 Å². The third-order valence-electron chi connectivity index (χ3n) is 4.43. The summed E-state index contributed by atoms with van der Waals surface area (Å²) in [5.74, 6) is 0.674. The number of rotatable bonds is 4. The van der Waals surface area contributed by atoms with E-state index in [2.05, 4.69) is 10.6 Å². The number of fused-ring (bicyclic) bond motifs is 1. The molecular formula is C20H17ClN2O4S. The predicted octanol–water partition coefficient (Wildman–Crippen LogP) is 3.56. The van der Waals surface area contributed by atoms with Crippen molar-refractivity contribution in [3.8, 4) is 11.5 Å². The molecule has 28 heavy (non-hydrogen) atoms. The number of hydrogen-bond donors (Lipinski definition) is 2. The molecule has 0 amide bonds. The number of esters is 1. The summed E-state index contributed by atoms with van der Waals surface area (Å²) in [5.41, 5.74) is 2.44. The Kier molecular flexibility index (Phi) is 5.11. The van der Waals surface area contributed by atoms with Crippen molar-refractivity contribution in [2.75, 3.05) is 13.4 Å². The first kappa shape index (κ1) is 18.6. The second-order valence-electron chi connectivity index (χ2n) is 6.13. The first-order valence-corrected chi connectivity index (χ1v) is 9.50. The zero-order chi connectivity index (χ0) is 19.7. The van der Waals surface area contributed by atoms with Crippen LogP contribution in [-0.2, 0) is 9.53 Å². The first-order chi connectivity index (χ1) is 13.6. The van der Waals surface area contributed by atoms with Gasteiger partial charge in [0.15, 0.2) is 16.6 Å². The Labute approximate surface area is 172 Å². The van der Waals surface area contributed by atoms with Gasteiger partial charge in [-0.05, 0) is 30.8 Å². The monoisotopic (exact) mass is 416 g/mol. The van der Waals surface area contributed by atoms with E-state index in [0.29, 0.717) is 38.5 Å². The summed E-state index contributed by atoms with van der Waals surface area (Å²) < 4.78 is 16.2. The van der Waals surface area contributed by atoms with Crippen LogP contribution in [0.15, 0.2) is 48.0 Å². The van der Waals surface area contributed by atoms with Gasteiger partial charge in [0.25, 0.3) is 0 Å². The highest BCUT2D eigenvalue weighted by Crippen LogP contribution is 2.42. The van der Waals surface area contributed by atoms with Gasteiger partial charge in [0.1, 0.15) is 0 Å². The molecule has 2 aromatic rings. The number of nitrogens with one attached hydrogen (secondary N) is 2. The van der Waals surface area contributed by atoms with Crippen molar-refractivity contribution >= 4 is 40.6 Å². The molecule has 2 N–H and O–H groups in total. The van der Waals surface area contributed by atoms with E-state index >= 15 is 0 Å². The van der Waals surface area contributed by atoms with Gasteiger partial charge in [-0.25, -0.2) is 4.79 Å². The summed E-state index contributed by atoms with van der Waals surface area (Å²) in [6, 6.07) is 12.3. The molecule has 0 radical (unpaired) electrons. The van der Waals surface area contributed by atoms with Gasteiger partial charge in [0.05, 0.1) is 28.9 Å². The van der Waals surface area contributed by atoms with Crippen molar-refractivity contribution in [3.05, 3.63) is 64.2 Å². The van der Waals surface area contributed by atoms with Crippen molar-refractivity contribution in [2.24, 2.45) is 0 Å². The van der Waals surface area contributed by atoms with Crippen LogP contribution < -0.4 is 20.1 Å². The van der Waals surface area contributed by atoms with E-state index in [9.17, 15) is 4.79 Å². The van der Waals surface area contributed by atoms with Gasteiger partial charge in [-0.1, -0.05) is 41.9 Å². The predicted molar refractivity (Wildman–Crippen MR) is 109 cm³/mol. The highest BCUT2D eigenvalue weighted by Gasteiger charge is 2.35. The minimum Gasteiger partial charge on any atom is -0.463 e. The van der Waals surface area contributed by atoms with Crippen molar-refractivity contribution in [3.63, 3.8) is 0 Å². The minimum absolute atomic E-state index is 0.128. The highest BCUT2D eigenvalue weighted by molar-refractivity contribution is 7.80. The molecule has 2 heterocycles. The Balaban J connectivity index is 1.89. The number of hydrogen-bond acceptors (Lipinski definition) is 5. The van der Waals surface area contributed by atoms with Gasteiger partial charge in [-0.2, -0.15) is 0 Å². The van der Waals surface area contributed by atoms with Gasteiger partial charge < -0.3 is 24.8 Å². The standard InChI is InChI=1S/C20H17ClN2O4S/c1-2-25-19(24)16-17(11-6-4-3-5-7-11)22-20(28)23-18(16)12-8-14-15(9-13(12)21)27-10-26-14/h3-9,18H,2,10H2,1H3,(H2,22,23,28)/t18-/m0/s1. The summed E-state index contributed by atoms with van der Waals surface area (Å²) in [4.78, 5) is 12.9. The fourth-order valence-electron chi connectivity index (χ4n) is 3.21. The second kappa shape index (κ2) is 7.69. The summed E-state index contributed by atoms with van der Waals surface area (Å²) in [6.07, 6.45) is 0. The quantitative estimate of drug-likeness (QED) is 0.583.